The van der Waals surface area contributed by atoms with Gasteiger partial charge in [0, 0.05) is 39.6 Å². The highest BCUT2D eigenvalue weighted by Gasteiger charge is 2.27. The molecular formula is C23H28N4O4S. The maximum Gasteiger partial charge on any atom is 0.328 e. The van der Waals surface area contributed by atoms with Crippen LogP contribution in [0.25, 0.3) is 11.0 Å². The Hall–Kier alpha value is -2.91. The molecule has 1 saturated heterocycles. The molecule has 0 spiro atoms. The summed E-state index contributed by atoms with van der Waals surface area (Å²) >= 11 is 0. The predicted octanol–water partition coefficient (Wildman–Crippen LogP) is 2.22. The number of nitrogens with one attached hydrogen (secondary N) is 1. The molecule has 3 aromatic rings. The van der Waals surface area contributed by atoms with Gasteiger partial charge in [0.25, 0.3) is 0 Å². The van der Waals surface area contributed by atoms with Crippen LogP contribution in [0.3, 0.4) is 0 Å². The van der Waals surface area contributed by atoms with Gasteiger partial charge in [-0.1, -0.05) is 36.8 Å². The lowest BCUT2D eigenvalue weighted by atomic mass is 10.2. The van der Waals surface area contributed by atoms with E-state index < -0.39 is 10.0 Å². The van der Waals surface area contributed by atoms with Crippen LogP contribution in [0.4, 0.5) is 0 Å². The van der Waals surface area contributed by atoms with Gasteiger partial charge in [-0.25, -0.2) is 13.2 Å². The van der Waals surface area contributed by atoms with Crippen molar-refractivity contribution in [2.75, 3.05) is 13.1 Å². The highest BCUT2D eigenvalue weighted by molar-refractivity contribution is 7.89. The monoisotopic (exact) mass is 456 g/mol. The molecule has 8 nitrogen and oxygen atoms in total. The second-order valence-electron chi connectivity index (χ2n) is 8.08. The molecule has 32 heavy (non-hydrogen) atoms. The van der Waals surface area contributed by atoms with E-state index in [0.29, 0.717) is 18.7 Å². The minimum atomic E-state index is -3.59. The lowest BCUT2D eigenvalue weighted by molar-refractivity contribution is -0.121. The van der Waals surface area contributed by atoms with Crippen LogP contribution in [0, 0.1) is 0 Å². The number of carbonyl (C=O) groups is 1. The van der Waals surface area contributed by atoms with E-state index in [1.54, 1.807) is 40.4 Å². The van der Waals surface area contributed by atoms with Crippen molar-refractivity contribution in [3.05, 3.63) is 64.6 Å². The quantitative estimate of drug-likeness (QED) is 0.590. The largest absolute Gasteiger partial charge is 0.352 e. The van der Waals surface area contributed by atoms with Gasteiger partial charge in [-0.15, -0.1) is 0 Å². The Labute approximate surface area is 187 Å². The third kappa shape index (κ3) is 4.35. The average Bonchev–Trinajstić information content (AvgIpc) is 3.07. The number of nitrogens with zero attached hydrogens (tertiary/aromatic N) is 3. The number of para-hydroxylation sites is 2. The molecule has 0 saturated carbocycles. The number of fused-ring (bicyclic) bond motifs is 1. The summed E-state index contributed by atoms with van der Waals surface area (Å²) in [6.45, 7) is 1.43. The Balaban J connectivity index is 1.43. The molecule has 0 radical (unpaired) electrons. The number of sulfonamides is 1. The van der Waals surface area contributed by atoms with Gasteiger partial charge in [0.2, 0.25) is 15.9 Å². The molecule has 0 aliphatic carbocycles. The molecule has 0 unspecified atom stereocenters. The molecule has 1 fully saturated rings. The number of hydrogen-bond donors (Lipinski definition) is 1. The molecule has 2 heterocycles. The van der Waals surface area contributed by atoms with Gasteiger partial charge >= 0.3 is 5.69 Å². The average molecular weight is 457 g/mol. The van der Waals surface area contributed by atoms with Gasteiger partial charge in [-0.2, -0.15) is 4.31 Å². The molecule has 1 aliphatic heterocycles. The van der Waals surface area contributed by atoms with Gasteiger partial charge in [-0.05, 0) is 36.6 Å². The van der Waals surface area contributed by atoms with E-state index in [-0.39, 0.29) is 36.0 Å². The first-order valence-electron chi connectivity index (χ1n) is 10.9. The standard InChI is InChI=1S/C23H28N4O4S/c1-25-19-10-4-5-11-20(19)27(23(25)29)16-13-22(28)24-17-18-9-3-6-12-21(18)32(30,31)26-14-7-2-8-15-26/h3-6,9-12H,2,7-8,13-17H2,1H3,(H,24,28). The Bertz CT molecular complexity index is 1290. The van der Waals surface area contributed by atoms with Crippen molar-refractivity contribution in [2.45, 2.75) is 43.7 Å². The minimum Gasteiger partial charge on any atom is -0.352 e. The predicted molar refractivity (Wildman–Crippen MR) is 123 cm³/mol. The van der Waals surface area contributed by atoms with E-state index in [2.05, 4.69) is 5.32 Å². The first-order valence-corrected chi connectivity index (χ1v) is 12.3. The summed E-state index contributed by atoms with van der Waals surface area (Å²) in [6, 6.07) is 14.3. The van der Waals surface area contributed by atoms with Gasteiger partial charge in [0.1, 0.15) is 0 Å². The zero-order chi connectivity index (χ0) is 22.7. The second kappa shape index (κ2) is 9.30. The Morgan fingerprint density at radius 1 is 0.969 bits per heavy atom. The first kappa shape index (κ1) is 22.3. The van der Waals surface area contributed by atoms with Crippen molar-refractivity contribution in [1.82, 2.24) is 18.8 Å². The van der Waals surface area contributed by atoms with Crippen molar-refractivity contribution in [2.24, 2.45) is 7.05 Å². The van der Waals surface area contributed by atoms with Gasteiger partial charge < -0.3 is 5.32 Å². The van der Waals surface area contributed by atoms with Crippen molar-refractivity contribution >= 4 is 27.0 Å². The van der Waals surface area contributed by atoms with E-state index in [4.69, 9.17) is 0 Å². The highest BCUT2D eigenvalue weighted by Crippen LogP contribution is 2.23. The normalized spacial score (nSPS) is 15.2. The third-order valence-corrected chi connectivity index (χ3v) is 7.99. The Morgan fingerprint density at radius 2 is 1.62 bits per heavy atom. The zero-order valence-electron chi connectivity index (χ0n) is 18.2. The second-order valence-corrected chi connectivity index (χ2v) is 9.99. The number of piperidine rings is 1. The molecule has 2 aromatic carbocycles. The summed E-state index contributed by atoms with van der Waals surface area (Å²) < 4.78 is 30.9. The summed E-state index contributed by atoms with van der Waals surface area (Å²) in [5.74, 6) is -0.241. The maximum atomic E-state index is 13.1. The number of aryl methyl sites for hydroxylation is 2. The molecule has 1 amide bonds. The summed E-state index contributed by atoms with van der Waals surface area (Å²) in [5, 5.41) is 2.81. The van der Waals surface area contributed by atoms with Crippen LogP contribution in [-0.2, 0) is 35.0 Å². The van der Waals surface area contributed by atoms with Crippen LogP contribution in [0.15, 0.2) is 58.2 Å². The van der Waals surface area contributed by atoms with Gasteiger partial charge in [0.05, 0.1) is 15.9 Å². The fourth-order valence-corrected chi connectivity index (χ4v) is 5.96. The molecule has 170 valence electrons. The Morgan fingerprint density at radius 3 is 2.38 bits per heavy atom. The lowest BCUT2D eigenvalue weighted by Gasteiger charge is -2.26. The van der Waals surface area contributed by atoms with Crippen LogP contribution in [-0.4, -0.2) is 40.9 Å². The van der Waals surface area contributed by atoms with Gasteiger partial charge in [-0.3, -0.25) is 13.9 Å². The Kier molecular flexibility index (Phi) is 6.48. The fourth-order valence-electron chi connectivity index (χ4n) is 4.22. The summed E-state index contributed by atoms with van der Waals surface area (Å²) in [4.78, 5) is 25.3. The number of aromatic nitrogens is 2. The molecule has 4 rings (SSSR count). The fraction of sp³-hybridized carbons (Fsp3) is 0.391. The lowest BCUT2D eigenvalue weighted by Crippen LogP contribution is -2.36. The SMILES string of the molecule is Cn1c(=O)n(CCC(=O)NCc2ccccc2S(=O)(=O)N2CCCCC2)c2ccccc21. The molecule has 1 aliphatic rings. The minimum absolute atomic E-state index is 0.118. The van der Waals surface area contributed by atoms with E-state index in [1.807, 2.05) is 24.3 Å². The molecule has 1 aromatic heterocycles. The van der Waals surface area contributed by atoms with E-state index in [0.717, 1.165) is 30.3 Å². The summed E-state index contributed by atoms with van der Waals surface area (Å²) in [5.41, 5.74) is 1.99. The summed E-state index contributed by atoms with van der Waals surface area (Å²) in [7, 11) is -1.88. The van der Waals surface area contributed by atoms with Gasteiger partial charge in [0.15, 0.2) is 0 Å². The van der Waals surface area contributed by atoms with Crippen LogP contribution >= 0.6 is 0 Å². The van der Waals surface area contributed by atoms with Crippen molar-refractivity contribution in [3.63, 3.8) is 0 Å². The topological polar surface area (TPSA) is 93.4 Å². The highest BCUT2D eigenvalue weighted by atomic mass is 32.2. The number of hydrogen-bond acceptors (Lipinski definition) is 4. The summed E-state index contributed by atoms with van der Waals surface area (Å²) in [6.07, 6.45) is 2.90. The molecular weight excluding hydrogens is 428 g/mol. The molecule has 1 N–H and O–H groups in total. The molecule has 0 bridgehead atoms. The van der Waals surface area contributed by atoms with Crippen molar-refractivity contribution in [1.29, 1.82) is 0 Å². The van der Waals surface area contributed by atoms with Crippen LogP contribution in [0.2, 0.25) is 0 Å². The third-order valence-electron chi connectivity index (χ3n) is 6.00. The van der Waals surface area contributed by atoms with Crippen LogP contribution in [0.1, 0.15) is 31.2 Å². The van der Waals surface area contributed by atoms with E-state index >= 15 is 0 Å². The van der Waals surface area contributed by atoms with Crippen LogP contribution in [0.5, 0.6) is 0 Å². The van der Waals surface area contributed by atoms with E-state index in [9.17, 15) is 18.0 Å². The zero-order valence-corrected chi connectivity index (χ0v) is 19.0. The molecule has 9 heteroatoms. The van der Waals surface area contributed by atoms with E-state index in [1.165, 1.54) is 4.31 Å². The van der Waals surface area contributed by atoms with Crippen molar-refractivity contribution < 1.29 is 13.2 Å². The van der Waals surface area contributed by atoms with Crippen LogP contribution < -0.4 is 11.0 Å². The maximum absolute atomic E-state index is 13.1. The first-order chi connectivity index (χ1) is 15.4. The smallest absolute Gasteiger partial charge is 0.328 e. The number of carbonyl (C=O) groups excluding carboxylic acids is 1. The number of amides is 1. The number of imidazole rings is 1. The van der Waals surface area contributed by atoms with Crippen molar-refractivity contribution in [3.8, 4) is 0 Å². The molecule has 0 atom stereocenters. The number of rotatable bonds is 7. The number of benzene rings is 2.